The van der Waals surface area contributed by atoms with Gasteiger partial charge in [0.1, 0.15) is 5.82 Å². The Morgan fingerprint density at radius 3 is 2.14 bits per heavy atom. The van der Waals surface area contributed by atoms with E-state index in [4.69, 9.17) is 4.74 Å². The maximum Gasteiger partial charge on any atom is 0.416 e. The molecule has 0 aliphatic rings. The standard InChI is InChI=1S/C23H24F6N4O2/c1-2-8-33(12-20-30-21(34)32-31-20)19(16-6-4-3-5-7-16)14-35-13-15-9-17(22(24,25)26)11-18(10-15)23(27,28)29/h3-7,9-11,19H,2,8,12-14H2,1H3,(H2,30,31,32,34)/t19-/m1/s1. The van der Waals surface area contributed by atoms with Crippen LogP contribution in [0.3, 0.4) is 0 Å². The van der Waals surface area contributed by atoms with Gasteiger partial charge in [0.15, 0.2) is 0 Å². The summed E-state index contributed by atoms with van der Waals surface area (Å²) in [6.07, 6.45) is -9.12. The van der Waals surface area contributed by atoms with Gasteiger partial charge >= 0.3 is 18.0 Å². The van der Waals surface area contributed by atoms with E-state index < -0.39 is 41.8 Å². The first-order valence-electron chi connectivity index (χ1n) is 10.8. The third-order valence-electron chi connectivity index (χ3n) is 5.23. The number of H-pyrrole nitrogens is 2. The Kier molecular flexibility index (Phi) is 8.39. The van der Waals surface area contributed by atoms with E-state index in [-0.39, 0.29) is 24.8 Å². The van der Waals surface area contributed by atoms with Crippen LogP contribution in [0, 0.1) is 0 Å². The SMILES string of the molecule is CCCN(Cc1n[nH]c(=O)[nH]1)[C@H](COCc1cc(C(F)(F)F)cc(C(F)(F)F)c1)c1ccccc1. The molecule has 0 bridgehead atoms. The Hall–Kier alpha value is -3.12. The molecule has 0 saturated carbocycles. The van der Waals surface area contributed by atoms with Crippen LogP contribution < -0.4 is 5.69 Å². The molecule has 0 fully saturated rings. The summed E-state index contributed by atoms with van der Waals surface area (Å²) in [5.74, 6) is 0.386. The van der Waals surface area contributed by atoms with Gasteiger partial charge in [-0.05, 0) is 42.3 Å². The molecule has 3 aromatic rings. The molecule has 0 unspecified atom stereocenters. The summed E-state index contributed by atoms with van der Waals surface area (Å²) in [7, 11) is 0. The lowest BCUT2D eigenvalue weighted by molar-refractivity contribution is -0.143. The van der Waals surface area contributed by atoms with E-state index >= 15 is 0 Å². The fourth-order valence-corrected chi connectivity index (χ4v) is 3.68. The molecule has 2 N–H and O–H groups in total. The maximum atomic E-state index is 13.2. The molecule has 0 aliphatic carbocycles. The molecule has 0 amide bonds. The van der Waals surface area contributed by atoms with Gasteiger partial charge in [-0.25, -0.2) is 9.89 Å². The predicted molar refractivity (Wildman–Crippen MR) is 115 cm³/mol. The minimum Gasteiger partial charge on any atom is -0.375 e. The zero-order valence-corrected chi connectivity index (χ0v) is 18.7. The Labute approximate surface area is 196 Å². The number of nitrogens with one attached hydrogen (secondary N) is 2. The normalized spacial score (nSPS) is 13.4. The number of nitrogens with zero attached hydrogens (tertiary/aromatic N) is 2. The van der Waals surface area contributed by atoms with Crippen molar-refractivity contribution < 1.29 is 31.1 Å². The number of hydrogen-bond donors (Lipinski definition) is 2. The van der Waals surface area contributed by atoms with Crippen molar-refractivity contribution in [2.45, 2.75) is 44.9 Å². The van der Waals surface area contributed by atoms with Gasteiger partial charge in [-0.3, -0.25) is 9.88 Å². The molecule has 2 aromatic carbocycles. The minimum absolute atomic E-state index is 0.0176. The van der Waals surface area contributed by atoms with Crippen LogP contribution >= 0.6 is 0 Å². The number of ether oxygens (including phenoxy) is 1. The second kappa shape index (κ2) is 11.1. The van der Waals surface area contributed by atoms with Crippen molar-refractivity contribution in [3.05, 3.63) is 87.1 Å². The Balaban J connectivity index is 1.83. The number of benzene rings is 2. The van der Waals surface area contributed by atoms with Gasteiger partial charge in [-0.15, -0.1) is 0 Å². The monoisotopic (exact) mass is 502 g/mol. The van der Waals surface area contributed by atoms with Crippen LogP contribution in [0.25, 0.3) is 0 Å². The Bertz CT molecular complexity index is 1110. The van der Waals surface area contributed by atoms with E-state index in [0.29, 0.717) is 24.5 Å². The molecule has 12 heteroatoms. The number of alkyl halides is 6. The minimum atomic E-state index is -4.93. The molecule has 0 aliphatic heterocycles. The van der Waals surface area contributed by atoms with Gasteiger partial charge in [-0.1, -0.05) is 37.3 Å². The average molecular weight is 502 g/mol. The summed E-state index contributed by atoms with van der Waals surface area (Å²) < 4.78 is 84.6. The van der Waals surface area contributed by atoms with Crippen molar-refractivity contribution in [3.63, 3.8) is 0 Å². The number of aromatic nitrogens is 3. The molecule has 1 heterocycles. The van der Waals surface area contributed by atoms with Gasteiger partial charge < -0.3 is 4.74 Å². The van der Waals surface area contributed by atoms with Crippen LogP contribution in [0.5, 0.6) is 0 Å². The molecule has 35 heavy (non-hydrogen) atoms. The molecular formula is C23H24F6N4O2. The quantitative estimate of drug-likeness (QED) is 0.369. The maximum absolute atomic E-state index is 13.2. The topological polar surface area (TPSA) is 74.0 Å². The molecule has 1 atom stereocenters. The lowest BCUT2D eigenvalue weighted by Crippen LogP contribution is -2.33. The van der Waals surface area contributed by atoms with Gasteiger partial charge in [0.25, 0.3) is 0 Å². The number of rotatable bonds is 10. The van der Waals surface area contributed by atoms with E-state index in [2.05, 4.69) is 15.2 Å². The molecule has 3 rings (SSSR count). The van der Waals surface area contributed by atoms with Crippen molar-refractivity contribution in [3.8, 4) is 0 Å². The second-order valence-electron chi connectivity index (χ2n) is 7.95. The zero-order chi connectivity index (χ0) is 25.6. The molecular weight excluding hydrogens is 478 g/mol. The Morgan fingerprint density at radius 2 is 1.63 bits per heavy atom. The third-order valence-corrected chi connectivity index (χ3v) is 5.23. The van der Waals surface area contributed by atoms with E-state index in [1.165, 1.54) is 0 Å². The smallest absolute Gasteiger partial charge is 0.375 e. The lowest BCUT2D eigenvalue weighted by Gasteiger charge is -2.31. The van der Waals surface area contributed by atoms with Crippen LogP contribution in [-0.2, 0) is 30.2 Å². The molecule has 0 spiro atoms. The zero-order valence-electron chi connectivity index (χ0n) is 18.7. The highest BCUT2D eigenvalue weighted by Gasteiger charge is 2.37. The highest BCUT2D eigenvalue weighted by molar-refractivity contribution is 5.33. The summed E-state index contributed by atoms with van der Waals surface area (Å²) in [5.41, 5.74) is -2.65. The molecule has 190 valence electrons. The van der Waals surface area contributed by atoms with Gasteiger partial charge in [0, 0.05) is 0 Å². The van der Waals surface area contributed by atoms with E-state index in [1.54, 1.807) is 0 Å². The van der Waals surface area contributed by atoms with Crippen molar-refractivity contribution in [2.24, 2.45) is 0 Å². The van der Waals surface area contributed by atoms with Crippen LogP contribution in [0.1, 0.15) is 47.5 Å². The van der Waals surface area contributed by atoms with Gasteiger partial charge in [0.2, 0.25) is 0 Å². The summed E-state index contributed by atoms with van der Waals surface area (Å²) in [6.45, 7) is 2.30. The number of hydrogen-bond acceptors (Lipinski definition) is 4. The summed E-state index contributed by atoms with van der Waals surface area (Å²) in [6, 6.07) is 10.1. The predicted octanol–water partition coefficient (Wildman–Crippen LogP) is 5.31. The first kappa shape index (κ1) is 26.5. The van der Waals surface area contributed by atoms with Gasteiger partial charge in [-0.2, -0.15) is 31.4 Å². The first-order chi connectivity index (χ1) is 16.5. The Morgan fingerprint density at radius 1 is 1.00 bits per heavy atom. The first-order valence-corrected chi connectivity index (χ1v) is 10.8. The highest BCUT2D eigenvalue weighted by Crippen LogP contribution is 2.36. The lowest BCUT2D eigenvalue weighted by atomic mass is 10.0. The fraction of sp³-hybridized carbons (Fsp3) is 0.391. The van der Waals surface area contributed by atoms with E-state index in [1.807, 2.05) is 42.2 Å². The van der Waals surface area contributed by atoms with E-state index in [9.17, 15) is 31.1 Å². The number of halogens is 6. The van der Waals surface area contributed by atoms with Crippen LogP contribution in [-0.4, -0.2) is 33.2 Å². The van der Waals surface area contributed by atoms with Crippen molar-refractivity contribution in [1.82, 2.24) is 20.1 Å². The molecule has 0 saturated heterocycles. The molecule has 6 nitrogen and oxygen atoms in total. The average Bonchev–Trinajstić information content (AvgIpc) is 3.20. The van der Waals surface area contributed by atoms with Crippen molar-refractivity contribution in [1.29, 1.82) is 0 Å². The van der Waals surface area contributed by atoms with Crippen LogP contribution in [0.15, 0.2) is 53.3 Å². The van der Waals surface area contributed by atoms with Crippen molar-refractivity contribution in [2.75, 3.05) is 13.2 Å². The third kappa shape index (κ3) is 7.43. The van der Waals surface area contributed by atoms with Gasteiger partial charge in [0.05, 0.1) is 36.9 Å². The fourth-order valence-electron chi connectivity index (χ4n) is 3.68. The van der Waals surface area contributed by atoms with Crippen molar-refractivity contribution >= 4 is 0 Å². The largest absolute Gasteiger partial charge is 0.416 e. The second-order valence-corrected chi connectivity index (χ2v) is 7.95. The van der Waals surface area contributed by atoms with E-state index in [0.717, 1.165) is 12.0 Å². The highest BCUT2D eigenvalue weighted by atomic mass is 19.4. The summed E-state index contributed by atoms with van der Waals surface area (Å²) in [4.78, 5) is 16.0. The van der Waals surface area contributed by atoms with Crippen LogP contribution in [0.4, 0.5) is 26.3 Å². The van der Waals surface area contributed by atoms with Crippen LogP contribution in [0.2, 0.25) is 0 Å². The summed E-state index contributed by atoms with van der Waals surface area (Å²) in [5, 5.41) is 6.21. The molecule has 1 aromatic heterocycles. The molecule has 0 radical (unpaired) electrons. The summed E-state index contributed by atoms with van der Waals surface area (Å²) >= 11 is 0. The number of aromatic amines is 2.